The number of halogens is 2. The molecule has 6 heteroatoms. The molecule has 0 atom stereocenters. The fourth-order valence-corrected chi connectivity index (χ4v) is 3.25. The molecule has 0 radical (unpaired) electrons. The number of carbonyl (C=O) groups excluding carboxylic acids is 1. The maximum Gasteiger partial charge on any atom is 0.256 e. The van der Waals surface area contributed by atoms with E-state index in [1.807, 2.05) is 18.2 Å². The third-order valence-electron chi connectivity index (χ3n) is 3.35. The molecule has 0 unspecified atom stereocenters. The van der Waals surface area contributed by atoms with Crippen molar-refractivity contribution in [2.75, 3.05) is 12.4 Å². The van der Waals surface area contributed by atoms with E-state index in [9.17, 15) is 9.90 Å². The van der Waals surface area contributed by atoms with Crippen molar-refractivity contribution in [3.63, 3.8) is 0 Å². The highest BCUT2D eigenvalue weighted by atomic mass is 127. The van der Waals surface area contributed by atoms with Crippen LogP contribution in [0.4, 0.5) is 5.69 Å². The van der Waals surface area contributed by atoms with E-state index in [0.29, 0.717) is 15.8 Å². The molecule has 0 fully saturated rings. The topological polar surface area (TPSA) is 58.6 Å². The van der Waals surface area contributed by atoms with Crippen molar-refractivity contribution >= 4 is 61.8 Å². The Morgan fingerprint density at radius 2 is 2.09 bits per heavy atom. The van der Waals surface area contributed by atoms with E-state index in [1.54, 1.807) is 18.2 Å². The lowest BCUT2D eigenvalue weighted by molar-refractivity contribution is -0.110. The number of anilines is 1. The Bertz CT molecular complexity index is 817. The lowest BCUT2D eigenvalue weighted by Crippen LogP contribution is -2.03. The molecular weight excluding hydrogens is 461 g/mol. The fraction of sp³-hybridized carbons (Fsp3) is 0.0625. The number of nitrogens with one attached hydrogen (secondary N) is 1. The van der Waals surface area contributed by atoms with Crippen molar-refractivity contribution in [1.82, 2.24) is 0 Å². The van der Waals surface area contributed by atoms with Gasteiger partial charge in [-0.1, -0.05) is 0 Å². The average molecular weight is 472 g/mol. The van der Waals surface area contributed by atoms with E-state index in [2.05, 4.69) is 43.8 Å². The number of ether oxygens (including phenoxy) is 1. The van der Waals surface area contributed by atoms with Crippen molar-refractivity contribution in [2.24, 2.45) is 0 Å². The molecular formula is C16H11BrINO3. The molecule has 1 amide bonds. The number of aromatic hydroxyl groups is 1. The quantitative estimate of drug-likeness (QED) is 0.508. The van der Waals surface area contributed by atoms with E-state index in [-0.39, 0.29) is 11.7 Å². The SMILES string of the molecule is COc1cc(/C=C2\C(=O)Nc3ccc(I)cc32)cc(Br)c1O. The van der Waals surface area contributed by atoms with Gasteiger partial charge >= 0.3 is 0 Å². The van der Waals surface area contributed by atoms with Crippen LogP contribution in [-0.4, -0.2) is 18.1 Å². The minimum Gasteiger partial charge on any atom is -0.503 e. The molecule has 0 spiro atoms. The number of phenols is 1. The summed E-state index contributed by atoms with van der Waals surface area (Å²) in [5.41, 5.74) is 3.04. The smallest absolute Gasteiger partial charge is 0.256 e. The average Bonchev–Trinajstić information content (AvgIpc) is 2.78. The van der Waals surface area contributed by atoms with Gasteiger partial charge in [-0.2, -0.15) is 0 Å². The maximum atomic E-state index is 12.2. The summed E-state index contributed by atoms with van der Waals surface area (Å²) in [5.74, 6) is 0.248. The van der Waals surface area contributed by atoms with Crippen LogP contribution in [0.5, 0.6) is 11.5 Å². The Balaban J connectivity index is 2.12. The van der Waals surface area contributed by atoms with Crippen LogP contribution in [-0.2, 0) is 4.79 Å². The zero-order valence-electron chi connectivity index (χ0n) is 11.5. The second-order valence-corrected chi connectivity index (χ2v) is 6.86. The summed E-state index contributed by atoms with van der Waals surface area (Å²) in [6.45, 7) is 0. The second kappa shape index (κ2) is 5.92. The number of amides is 1. The van der Waals surface area contributed by atoms with E-state index < -0.39 is 0 Å². The van der Waals surface area contributed by atoms with E-state index >= 15 is 0 Å². The van der Waals surface area contributed by atoms with Crippen LogP contribution in [0.3, 0.4) is 0 Å². The van der Waals surface area contributed by atoms with Crippen LogP contribution in [0.1, 0.15) is 11.1 Å². The molecule has 2 N–H and O–H groups in total. The summed E-state index contributed by atoms with van der Waals surface area (Å²) in [4.78, 5) is 12.2. The van der Waals surface area contributed by atoms with Gasteiger partial charge in [0, 0.05) is 20.4 Å². The molecule has 0 aliphatic carbocycles. The monoisotopic (exact) mass is 471 g/mol. The Labute approximate surface area is 149 Å². The number of hydrogen-bond acceptors (Lipinski definition) is 3. The largest absolute Gasteiger partial charge is 0.503 e. The summed E-state index contributed by atoms with van der Waals surface area (Å²) in [7, 11) is 1.48. The van der Waals surface area contributed by atoms with Gasteiger partial charge in [-0.05, 0) is 80.5 Å². The van der Waals surface area contributed by atoms with Crippen LogP contribution in [0.25, 0.3) is 11.6 Å². The summed E-state index contributed by atoms with van der Waals surface area (Å²) >= 11 is 5.50. The van der Waals surface area contributed by atoms with Crippen LogP contribution in [0, 0.1) is 3.57 Å². The lowest BCUT2D eigenvalue weighted by Gasteiger charge is -2.07. The van der Waals surface area contributed by atoms with Crippen molar-refractivity contribution < 1.29 is 14.6 Å². The Kier molecular flexibility index (Phi) is 4.14. The second-order valence-electron chi connectivity index (χ2n) is 4.76. The van der Waals surface area contributed by atoms with Gasteiger partial charge in [0.05, 0.1) is 11.6 Å². The summed E-state index contributed by atoms with van der Waals surface area (Å²) in [6.07, 6.45) is 1.78. The molecule has 4 nitrogen and oxygen atoms in total. The molecule has 0 bridgehead atoms. The van der Waals surface area contributed by atoms with Crippen molar-refractivity contribution in [3.8, 4) is 11.5 Å². The molecule has 3 rings (SSSR count). The van der Waals surface area contributed by atoms with Crippen molar-refractivity contribution in [1.29, 1.82) is 0 Å². The first-order chi connectivity index (χ1) is 10.5. The standard InChI is InChI=1S/C16H11BrINO3/c1-22-14-6-8(5-12(17)15(14)20)4-11-10-7-9(18)2-3-13(10)19-16(11)21/h2-7,20H,1H3,(H,19,21)/b11-4-. The van der Waals surface area contributed by atoms with Gasteiger partial charge in [0.2, 0.25) is 0 Å². The third-order valence-corrected chi connectivity index (χ3v) is 4.62. The molecule has 1 aliphatic rings. The molecule has 0 saturated carbocycles. The molecule has 1 heterocycles. The van der Waals surface area contributed by atoms with Gasteiger partial charge in [0.15, 0.2) is 11.5 Å². The first-order valence-corrected chi connectivity index (χ1v) is 8.26. The molecule has 2 aromatic carbocycles. The first-order valence-electron chi connectivity index (χ1n) is 6.39. The predicted octanol–water partition coefficient (Wildman–Crippen LogP) is 4.26. The minimum atomic E-state index is -0.139. The third kappa shape index (κ3) is 2.72. The molecule has 22 heavy (non-hydrogen) atoms. The van der Waals surface area contributed by atoms with E-state index in [1.165, 1.54) is 7.11 Å². The van der Waals surface area contributed by atoms with Gasteiger partial charge in [-0.3, -0.25) is 4.79 Å². The highest BCUT2D eigenvalue weighted by molar-refractivity contribution is 14.1. The van der Waals surface area contributed by atoms with Gasteiger partial charge in [-0.25, -0.2) is 0 Å². The Morgan fingerprint density at radius 1 is 1.32 bits per heavy atom. The van der Waals surface area contributed by atoms with E-state index in [4.69, 9.17) is 4.74 Å². The van der Waals surface area contributed by atoms with Gasteiger partial charge in [-0.15, -0.1) is 0 Å². The highest BCUT2D eigenvalue weighted by Crippen LogP contribution is 2.38. The Morgan fingerprint density at radius 3 is 2.82 bits per heavy atom. The fourth-order valence-electron chi connectivity index (χ4n) is 2.30. The zero-order valence-corrected chi connectivity index (χ0v) is 15.2. The lowest BCUT2D eigenvalue weighted by atomic mass is 10.0. The molecule has 2 aromatic rings. The minimum absolute atomic E-state index is 0.0375. The number of phenolic OH excluding ortho intramolecular Hbond substituents is 1. The molecule has 0 aromatic heterocycles. The Hall–Kier alpha value is -1.54. The summed E-state index contributed by atoms with van der Waals surface area (Å²) < 4.78 is 6.71. The first kappa shape index (κ1) is 15.4. The summed E-state index contributed by atoms with van der Waals surface area (Å²) in [6, 6.07) is 9.23. The number of benzene rings is 2. The normalized spacial score (nSPS) is 14.9. The van der Waals surface area contributed by atoms with E-state index in [0.717, 1.165) is 20.4 Å². The highest BCUT2D eigenvalue weighted by Gasteiger charge is 2.24. The number of methoxy groups -OCH3 is 1. The van der Waals surface area contributed by atoms with Crippen LogP contribution >= 0.6 is 38.5 Å². The number of carbonyl (C=O) groups is 1. The van der Waals surface area contributed by atoms with Crippen molar-refractivity contribution in [3.05, 3.63) is 49.5 Å². The molecule has 112 valence electrons. The molecule has 0 saturated heterocycles. The zero-order chi connectivity index (χ0) is 15.9. The van der Waals surface area contributed by atoms with Crippen LogP contribution in [0.15, 0.2) is 34.8 Å². The van der Waals surface area contributed by atoms with Crippen LogP contribution in [0.2, 0.25) is 0 Å². The van der Waals surface area contributed by atoms with Crippen LogP contribution < -0.4 is 10.1 Å². The number of fused-ring (bicyclic) bond motifs is 1. The van der Waals surface area contributed by atoms with Gasteiger partial charge < -0.3 is 15.2 Å². The van der Waals surface area contributed by atoms with Gasteiger partial charge in [0.25, 0.3) is 5.91 Å². The maximum absolute atomic E-state index is 12.2. The van der Waals surface area contributed by atoms with Gasteiger partial charge in [0.1, 0.15) is 0 Å². The molecule has 1 aliphatic heterocycles. The number of rotatable bonds is 2. The van der Waals surface area contributed by atoms with Crippen molar-refractivity contribution in [2.45, 2.75) is 0 Å². The summed E-state index contributed by atoms with van der Waals surface area (Å²) in [5, 5.41) is 12.7. The number of hydrogen-bond donors (Lipinski definition) is 2. The predicted molar refractivity (Wildman–Crippen MR) is 98.0 cm³/mol.